The molecule has 1 fully saturated rings. The Morgan fingerprint density at radius 1 is 1.35 bits per heavy atom. The monoisotopic (exact) mass is 282 g/mol. The highest BCUT2D eigenvalue weighted by molar-refractivity contribution is 5.25. The predicted molar refractivity (Wildman–Crippen MR) is 77.7 cm³/mol. The molecule has 2 unspecified atom stereocenters. The first-order valence-corrected chi connectivity index (χ1v) is 7.47. The molecular weight excluding hydrogens is 256 g/mol. The molecule has 0 aliphatic heterocycles. The van der Waals surface area contributed by atoms with E-state index >= 15 is 0 Å². The summed E-state index contributed by atoms with van der Waals surface area (Å²) in [5, 5.41) is 11.5. The minimum atomic E-state index is 0.513. The van der Waals surface area contributed by atoms with Crippen molar-refractivity contribution in [3.8, 4) is 0 Å². The molecule has 1 saturated carbocycles. The smallest absolute Gasteiger partial charge is 0.318 e. The molecule has 1 heterocycles. The van der Waals surface area contributed by atoms with Gasteiger partial charge in [-0.3, -0.25) is 0 Å². The normalized spacial score (nSPS) is 22.9. The van der Waals surface area contributed by atoms with E-state index in [0.717, 1.165) is 6.54 Å². The molecule has 0 radical (unpaired) electrons. The highest BCUT2D eigenvalue weighted by atomic mass is 16.5. The van der Waals surface area contributed by atoms with Crippen LogP contribution < -0.4 is 10.2 Å². The van der Waals surface area contributed by atoms with Crippen molar-refractivity contribution < 1.29 is 9.15 Å². The number of ether oxygens (including phenoxy) is 1. The van der Waals surface area contributed by atoms with E-state index in [1.807, 2.05) is 0 Å². The lowest BCUT2D eigenvalue weighted by molar-refractivity contribution is 0.198. The van der Waals surface area contributed by atoms with E-state index in [9.17, 15) is 0 Å². The standard InChI is InChI=1S/C14H26N4O2/c1-11-6-4-5-7-12(11)18(2)14-17-16-13(20-14)10-15-8-9-19-3/h11-12,15H,4-10H2,1-3H3. The molecule has 1 aromatic heterocycles. The second-order valence-corrected chi connectivity index (χ2v) is 5.59. The third-order valence-electron chi connectivity index (χ3n) is 4.08. The van der Waals surface area contributed by atoms with Gasteiger partial charge in [0.1, 0.15) is 0 Å². The Morgan fingerprint density at radius 3 is 2.90 bits per heavy atom. The van der Waals surface area contributed by atoms with Crippen LogP contribution in [0.5, 0.6) is 0 Å². The van der Waals surface area contributed by atoms with Gasteiger partial charge >= 0.3 is 6.01 Å². The molecule has 0 bridgehead atoms. The van der Waals surface area contributed by atoms with Crippen LogP contribution in [0.4, 0.5) is 6.01 Å². The van der Waals surface area contributed by atoms with Crippen molar-refractivity contribution in [3.63, 3.8) is 0 Å². The van der Waals surface area contributed by atoms with Crippen LogP contribution >= 0.6 is 0 Å². The molecule has 114 valence electrons. The molecular formula is C14H26N4O2. The maximum Gasteiger partial charge on any atom is 0.318 e. The van der Waals surface area contributed by atoms with Gasteiger partial charge < -0.3 is 19.4 Å². The molecule has 2 rings (SSSR count). The van der Waals surface area contributed by atoms with Crippen molar-refractivity contribution in [1.82, 2.24) is 15.5 Å². The lowest BCUT2D eigenvalue weighted by Crippen LogP contribution is -2.39. The van der Waals surface area contributed by atoms with Gasteiger partial charge in [-0.15, -0.1) is 5.10 Å². The number of methoxy groups -OCH3 is 1. The fourth-order valence-corrected chi connectivity index (χ4v) is 2.84. The Bertz CT molecular complexity index is 396. The van der Waals surface area contributed by atoms with Crippen molar-refractivity contribution in [1.29, 1.82) is 0 Å². The largest absolute Gasteiger partial charge is 0.407 e. The molecule has 0 aromatic carbocycles. The zero-order valence-electron chi connectivity index (χ0n) is 12.8. The molecule has 6 heteroatoms. The van der Waals surface area contributed by atoms with Crippen molar-refractivity contribution in [2.45, 2.75) is 45.2 Å². The second-order valence-electron chi connectivity index (χ2n) is 5.59. The SMILES string of the molecule is COCCNCc1nnc(N(C)C2CCCCC2C)o1. The number of hydrogen-bond acceptors (Lipinski definition) is 6. The number of anilines is 1. The first-order chi connectivity index (χ1) is 9.72. The number of nitrogens with one attached hydrogen (secondary N) is 1. The Labute approximate surface area is 120 Å². The van der Waals surface area contributed by atoms with Crippen LogP contribution in [-0.2, 0) is 11.3 Å². The number of nitrogens with zero attached hydrogens (tertiary/aromatic N) is 3. The summed E-state index contributed by atoms with van der Waals surface area (Å²) in [6.45, 7) is 4.36. The fraction of sp³-hybridized carbons (Fsp3) is 0.857. The minimum absolute atomic E-state index is 0.513. The van der Waals surface area contributed by atoms with Crippen LogP contribution in [0.3, 0.4) is 0 Å². The van der Waals surface area contributed by atoms with E-state index in [1.54, 1.807) is 7.11 Å². The lowest BCUT2D eigenvalue weighted by Gasteiger charge is -2.35. The number of aromatic nitrogens is 2. The maximum atomic E-state index is 5.73. The number of hydrogen-bond donors (Lipinski definition) is 1. The Morgan fingerprint density at radius 2 is 2.15 bits per heavy atom. The van der Waals surface area contributed by atoms with E-state index in [4.69, 9.17) is 9.15 Å². The Hall–Kier alpha value is -1.14. The van der Waals surface area contributed by atoms with Gasteiger partial charge in [0.05, 0.1) is 13.2 Å². The topological polar surface area (TPSA) is 63.4 Å². The molecule has 1 N–H and O–H groups in total. The van der Waals surface area contributed by atoms with E-state index in [0.29, 0.717) is 37.0 Å². The van der Waals surface area contributed by atoms with E-state index in [2.05, 4.69) is 34.4 Å². The summed E-state index contributed by atoms with van der Waals surface area (Å²) < 4.78 is 10.7. The summed E-state index contributed by atoms with van der Waals surface area (Å²) in [5.41, 5.74) is 0. The zero-order valence-corrected chi connectivity index (χ0v) is 12.8. The van der Waals surface area contributed by atoms with Gasteiger partial charge in [0.2, 0.25) is 5.89 Å². The first-order valence-electron chi connectivity index (χ1n) is 7.47. The van der Waals surface area contributed by atoms with Crippen LogP contribution in [0.2, 0.25) is 0 Å². The van der Waals surface area contributed by atoms with Crippen LogP contribution in [0.25, 0.3) is 0 Å². The third kappa shape index (κ3) is 3.93. The van der Waals surface area contributed by atoms with Gasteiger partial charge in [0, 0.05) is 26.7 Å². The van der Waals surface area contributed by atoms with Crippen molar-refractivity contribution >= 4 is 6.01 Å². The summed E-state index contributed by atoms with van der Waals surface area (Å²) in [6.07, 6.45) is 5.12. The molecule has 0 amide bonds. The lowest BCUT2D eigenvalue weighted by atomic mass is 9.85. The molecule has 20 heavy (non-hydrogen) atoms. The van der Waals surface area contributed by atoms with Crippen LogP contribution in [-0.4, -0.2) is 43.5 Å². The highest BCUT2D eigenvalue weighted by Crippen LogP contribution is 2.29. The average molecular weight is 282 g/mol. The summed E-state index contributed by atoms with van der Waals surface area (Å²) in [4.78, 5) is 2.15. The van der Waals surface area contributed by atoms with Gasteiger partial charge in [-0.1, -0.05) is 24.9 Å². The molecule has 1 aliphatic carbocycles. The first kappa shape index (κ1) is 15.3. The Balaban J connectivity index is 1.87. The van der Waals surface area contributed by atoms with Crippen molar-refractivity contribution in [2.24, 2.45) is 5.92 Å². The molecule has 2 atom stereocenters. The predicted octanol–water partition coefficient (Wildman–Crippen LogP) is 1.82. The van der Waals surface area contributed by atoms with E-state index in [-0.39, 0.29) is 0 Å². The zero-order chi connectivity index (χ0) is 14.4. The van der Waals surface area contributed by atoms with Crippen LogP contribution in [0.1, 0.15) is 38.5 Å². The Kier molecular flexibility index (Phi) is 5.79. The molecule has 1 aliphatic rings. The maximum absolute atomic E-state index is 5.73. The summed E-state index contributed by atoms with van der Waals surface area (Å²) in [5.74, 6) is 1.32. The van der Waals surface area contributed by atoms with E-state index < -0.39 is 0 Å². The van der Waals surface area contributed by atoms with E-state index in [1.165, 1.54) is 25.7 Å². The van der Waals surface area contributed by atoms with Gasteiger partial charge in [-0.05, 0) is 18.8 Å². The summed E-state index contributed by atoms with van der Waals surface area (Å²) in [6, 6.07) is 1.14. The third-order valence-corrected chi connectivity index (χ3v) is 4.08. The van der Waals surface area contributed by atoms with Crippen molar-refractivity contribution in [2.75, 3.05) is 32.2 Å². The highest BCUT2D eigenvalue weighted by Gasteiger charge is 2.27. The molecule has 0 spiro atoms. The minimum Gasteiger partial charge on any atom is -0.407 e. The quantitative estimate of drug-likeness (QED) is 0.770. The average Bonchev–Trinajstić information content (AvgIpc) is 2.92. The molecule has 1 aromatic rings. The second kappa shape index (κ2) is 7.59. The fourth-order valence-electron chi connectivity index (χ4n) is 2.84. The van der Waals surface area contributed by atoms with Gasteiger partial charge in [-0.25, -0.2) is 0 Å². The summed E-state index contributed by atoms with van der Waals surface area (Å²) in [7, 11) is 3.74. The summed E-state index contributed by atoms with van der Waals surface area (Å²) >= 11 is 0. The van der Waals surface area contributed by atoms with Crippen LogP contribution in [0.15, 0.2) is 4.42 Å². The van der Waals surface area contributed by atoms with Gasteiger partial charge in [0.15, 0.2) is 0 Å². The van der Waals surface area contributed by atoms with Gasteiger partial charge in [-0.2, -0.15) is 0 Å². The van der Waals surface area contributed by atoms with Crippen molar-refractivity contribution in [3.05, 3.63) is 5.89 Å². The number of rotatable bonds is 7. The van der Waals surface area contributed by atoms with Crippen LogP contribution in [0, 0.1) is 5.92 Å². The molecule has 0 saturated heterocycles. The molecule has 6 nitrogen and oxygen atoms in total. The van der Waals surface area contributed by atoms with Gasteiger partial charge in [0.25, 0.3) is 0 Å².